The summed E-state index contributed by atoms with van der Waals surface area (Å²) in [5.74, 6) is -1.19. The average molecular weight is 254 g/mol. The van der Waals surface area contributed by atoms with Crippen molar-refractivity contribution in [3.63, 3.8) is 0 Å². The first-order chi connectivity index (χ1) is 7.83. The molecule has 0 heterocycles. The number of aromatic carboxylic acids is 1. The monoisotopic (exact) mass is 254 g/mol. The van der Waals surface area contributed by atoms with Gasteiger partial charge in [0.15, 0.2) is 9.84 Å². The quantitative estimate of drug-likeness (QED) is 0.817. The molecule has 0 aliphatic carbocycles. The maximum atomic E-state index is 11.9. The highest BCUT2D eigenvalue weighted by Gasteiger charge is 2.15. The fourth-order valence-electron chi connectivity index (χ4n) is 1.25. The molecule has 1 N–H and O–H groups in total. The summed E-state index contributed by atoms with van der Waals surface area (Å²) in [7, 11) is -3.44. The zero-order valence-corrected chi connectivity index (χ0v) is 10.3. The molecule has 0 aromatic heterocycles. The van der Waals surface area contributed by atoms with Crippen LogP contribution in [0.4, 0.5) is 0 Å². The van der Waals surface area contributed by atoms with Gasteiger partial charge in [-0.3, -0.25) is 0 Å². The van der Waals surface area contributed by atoms with Crippen LogP contribution < -0.4 is 0 Å². The summed E-state index contributed by atoms with van der Waals surface area (Å²) in [6, 6.07) is 5.37. The molecule has 0 aliphatic heterocycles. The van der Waals surface area contributed by atoms with Crippen LogP contribution in [-0.4, -0.2) is 25.2 Å². The van der Waals surface area contributed by atoms with E-state index in [9.17, 15) is 13.2 Å². The molecule has 1 aromatic rings. The Labute approximate surface area is 101 Å². The van der Waals surface area contributed by atoms with Crippen LogP contribution in [0.15, 0.2) is 41.3 Å². The number of allylic oxidation sites excluding steroid dienone is 1. The molecule has 0 spiro atoms. The molecular weight excluding hydrogens is 240 g/mol. The molecule has 0 aliphatic rings. The fraction of sp³-hybridized carbons (Fsp3) is 0.250. The van der Waals surface area contributed by atoms with Crippen molar-refractivity contribution in [1.29, 1.82) is 0 Å². The van der Waals surface area contributed by atoms with Crippen LogP contribution in [0, 0.1) is 0 Å². The van der Waals surface area contributed by atoms with Gasteiger partial charge in [-0.05, 0) is 31.5 Å². The smallest absolute Gasteiger partial charge is 0.335 e. The Morgan fingerprint density at radius 1 is 1.41 bits per heavy atom. The third kappa shape index (κ3) is 3.71. The lowest BCUT2D eigenvalue weighted by Crippen LogP contribution is -2.08. The van der Waals surface area contributed by atoms with E-state index in [1.165, 1.54) is 24.3 Å². The van der Waals surface area contributed by atoms with Crippen molar-refractivity contribution in [2.24, 2.45) is 0 Å². The zero-order chi connectivity index (χ0) is 13.1. The maximum absolute atomic E-state index is 11.9. The van der Waals surface area contributed by atoms with Crippen LogP contribution in [0.3, 0.4) is 0 Å². The summed E-state index contributed by atoms with van der Waals surface area (Å²) in [5, 5.41) is 8.78. The third-order valence-electron chi connectivity index (χ3n) is 2.24. The Kier molecular flexibility index (Phi) is 4.07. The van der Waals surface area contributed by atoms with Crippen LogP contribution in [-0.2, 0) is 9.84 Å². The number of carbonyl (C=O) groups is 1. The molecule has 0 saturated carbocycles. The molecule has 4 nitrogen and oxygen atoms in total. The summed E-state index contributed by atoms with van der Waals surface area (Å²) in [5.41, 5.74) is 0.754. The van der Waals surface area contributed by atoms with Crippen LogP contribution in [0.5, 0.6) is 0 Å². The number of carboxylic acid groups (broad SMARTS) is 1. The zero-order valence-electron chi connectivity index (χ0n) is 9.51. The van der Waals surface area contributed by atoms with E-state index in [1.54, 1.807) is 6.92 Å². The summed E-state index contributed by atoms with van der Waals surface area (Å²) in [6.07, 6.45) is 0.375. The highest BCUT2D eigenvalue weighted by molar-refractivity contribution is 7.91. The molecule has 5 heteroatoms. The van der Waals surface area contributed by atoms with E-state index in [0.29, 0.717) is 6.42 Å². The van der Waals surface area contributed by atoms with Gasteiger partial charge >= 0.3 is 5.97 Å². The maximum Gasteiger partial charge on any atom is 0.335 e. The van der Waals surface area contributed by atoms with Crippen molar-refractivity contribution in [2.45, 2.75) is 18.2 Å². The van der Waals surface area contributed by atoms with Gasteiger partial charge in [0, 0.05) is 0 Å². The highest BCUT2D eigenvalue weighted by atomic mass is 32.2. The minimum atomic E-state index is -3.44. The molecule has 0 unspecified atom stereocenters. The van der Waals surface area contributed by atoms with Gasteiger partial charge < -0.3 is 5.11 Å². The first kappa shape index (κ1) is 13.4. The largest absolute Gasteiger partial charge is 0.478 e. The molecule has 17 heavy (non-hydrogen) atoms. The van der Waals surface area contributed by atoms with E-state index >= 15 is 0 Å². The van der Waals surface area contributed by atoms with E-state index < -0.39 is 15.8 Å². The number of sulfone groups is 1. The molecule has 0 amide bonds. The molecule has 1 rings (SSSR count). The minimum absolute atomic E-state index is 0.0265. The predicted molar refractivity (Wildman–Crippen MR) is 64.9 cm³/mol. The SMILES string of the molecule is C=C(C)CCS(=O)(=O)c1cccc(C(=O)O)c1. The molecule has 0 fully saturated rings. The summed E-state index contributed by atoms with van der Waals surface area (Å²) >= 11 is 0. The van der Waals surface area contributed by atoms with Crippen LogP contribution in [0.25, 0.3) is 0 Å². The lowest BCUT2D eigenvalue weighted by molar-refractivity contribution is 0.0696. The minimum Gasteiger partial charge on any atom is -0.478 e. The summed E-state index contributed by atoms with van der Waals surface area (Å²) in [6.45, 7) is 5.39. The van der Waals surface area contributed by atoms with Gasteiger partial charge in [-0.25, -0.2) is 13.2 Å². The second-order valence-corrected chi connectivity index (χ2v) is 5.97. The van der Waals surface area contributed by atoms with Crippen molar-refractivity contribution in [3.8, 4) is 0 Å². The van der Waals surface area contributed by atoms with Crippen molar-refractivity contribution in [2.75, 3.05) is 5.75 Å². The van der Waals surface area contributed by atoms with Crippen molar-refractivity contribution in [3.05, 3.63) is 42.0 Å². The molecular formula is C12H14O4S. The van der Waals surface area contributed by atoms with Crippen molar-refractivity contribution in [1.82, 2.24) is 0 Å². The highest BCUT2D eigenvalue weighted by Crippen LogP contribution is 2.15. The second kappa shape index (κ2) is 5.14. The molecule has 92 valence electrons. The van der Waals surface area contributed by atoms with Crippen LogP contribution in [0.1, 0.15) is 23.7 Å². The molecule has 0 atom stereocenters. The van der Waals surface area contributed by atoms with Crippen LogP contribution >= 0.6 is 0 Å². The van der Waals surface area contributed by atoms with E-state index in [-0.39, 0.29) is 16.2 Å². The van der Waals surface area contributed by atoms with Gasteiger partial charge in [-0.15, -0.1) is 6.58 Å². The first-order valence-corrected chi connectivity index (χ1v) is 6.68. The van der Waals surface area contributed by atoms with Gasteiger partial charge in [0.2, 0.25) is 0 Å². The first-order valence-electron chi connectivity index (χ1n) is 5.03. The van der Waals surface area contributed by atoms with Gasteiger partial charge in [0.05, 0.1) is 16.2 Å². The lowest BCUT2D eigenvalue weighted by atomic mass is 10.2. The molecule has 0 bridgehead atoms. The number of hydrogen-bond acceptors (Lipinski definition) is 3. The van der Waals surface area contributed by atoms with Gasteiger partial charge in [-0.2, -0.15) is 0 Å². The lowest BCUT2D eigenvalue weighted by Gasteiger charge is -2.05. The van der Waals surface area contributed by atoms with Gasteiger partial charge in [0.1, 0.15) is 0 Å². The Morgan fingerprint density at radius 2 is 2.06 bits per heavy atom. The Balaban J connectivity index is 3.03. The van der Waals surface area contributed by atoms with E-state index in [2.05, 4.69) is 6.58 Å². The normalized spacial score (nSPS) is 11.1. The Bertz CT molecular complexity index is 543. The van der Waals surface area contributed by atoms with E-state index in [4.69, 9.17) is 5.11 Å². The van der Waals surface area contributed by atoms with Gasteiger partial charge in [-0.1, -0.05) is 11.6 Å². The third-order valence-corrected chi connectivity index (χ3v) is 3.95. The fourth-order valence-corrected chi connectivity index (χ4v) is 2.69. The van der Waals surface area contributed by atoms with Crippen molar-refractivity contribution >= 4 is 15.8 Å². The van der Waals surface area contributed by atoms with E-state index in [1.807, 2.05) is 0 Å². The number of hydrogen-bond donors (Lipinski definition) is 1. The van der Waals surface area contributed by atoms with Crippen molar-refractivity contribution < 1.29 is 18.3 Å². The number of carboxylic acids is 1. The second-order valence-electron chi connectivity index (χ2n) is 3.86. The number of benzene rings is 1. The van der Waals surface area contributed by atoms with E-state index in [0.717, 1.165) is 5.57 Å². The van der Waals surface area contributed by atoms with Gasteiger partial charge in [0.25, 0.3) is 0 Å². The Morgan fingerprint density at radius 3 is 2.59 bits per heavy atom. The molecule has 0 saturated heterocycles. The summed E-state index contributed by atoms with van der Waals surface area (Å²) in [4.78, 5) is 10.8. The number of rotatable bonds is 5. The molecule has 1 aromatic carbocycles. The predicted octanol–water partition coefficient (Wildman–Crippen LogP) is 2.12. The summed E-state index contributed by atoms with van der Waals surface area (Å²) < 4.78 is 23.8. The standard InChI is InChI=1S/C12H14O4S/c1-9(2)6-7-17(15,16)11-5-3-4-10(8-11)12(13)14/h3-5,8H,1,6-7H2,2H3,(H,13,14). The molecule has 0 radical (unpaired) electrons. The topological polar surface area (TPSA) is 71.4 Å². The van der Waals surface area contributed by atoms with Crippen LogP contribution in [0.2, 0.25) is 0 Å². The average Bonchev–Trinajstić information content (AvgIpc) is 2.27. The Hall–Kier alpha value is -1.62.